The first-order chi connectivity index (χ1) is 13.6. The predicted molar refractivity (Wildman–Crippen MR) is 120 cm³/mol. The molecule has 0 spiro atoms. The van der Waals surface area contributed by atoms with Gasteiger partial charge in [-0.1, -0.05) is 12.1 Å². The first-order valence-corrected chi connectivity index (χ1v) is 13.3. The van der Waals surface area contributed by atoms with Gasteiger partial charge in [-0.2, -0.15) is 17.5 Å². The maximum Gasteiger partial charge on any atom is -0.0809 e. The molecule has 0 amide bonds. The van der Waals surface area contributed by atoms with Crippen LogP contribution >= 0.6 is 18.6 Å². The van der Waals surface area contributed by atoms with Crippen molar-refractivity contribution < 1.29 is 17.0 Å². The molecule has 1 aromatic heterocycles. The largest absolute Gasteiger partial charge is 0.168 e. The number of aryl methyl sites for hydroxylation is 2. The third-order valence-electron chi connectivity index (χ3n) is 4.58. The molecule has 1 heterocycles. The third-order valence-corrected chi connectivity index (χ3v) is 4.58. The zero-order chi connectivity index (χ0) is 19.9. The zero-order valence-electron chi connectivity index (χ0n) is 15.9. The van der Waals surface area contributed by atoms with Gasteiger partial charge in [0.05, 0.1) is 0 Å². The number of fused-ring (bicyclic) bond motifs is 2. The van der Waals surface area contributed by atoms with E-state index in [-0.39, 0.29) is 0 Å². The van der Waals surface area contributed by atoms with Crippen LogP contribution < -0.4 is 0 Å². The standard InChI is InChI=1S/C15H14N.C9H7.2ClH.Ti/c1-11-7-12(2)16(10-11)15-8-13-5-3-4-6-14(13)9-15;1-2-5-9-7-3-6-8(9)4-1;;;/h3-10H,1-2H3;1-7H;2*1H;/q2*-1;;;+2/p-2. The Morgan fingerprint density at radius 2 is 1.46 bits per heavy atom. The van der Waals surface area contributed by atoms with Crippen LogP contribution in [0.3, 0.4) is 0 Å². The summed E-state index contributed by atoms with van der Waals surface area (Å²) in [5, 5.41) is 5.28. The molecule has 0 saturated heterocycles. The van der Waals surface area contributed by atoms with Crippen molar-refractivity contribution in [1.82, 2.24) is 4.57 Å². The normalized spacial score (nSPS) is 10.1. The number of aromatic nitrogens is 1. The Morgan fingerprint density at radius 1 is 0.821 bits per heavy atom. The molecule has 28 heavy (non-hydrogen) atoms. The molecule has 142 valence electrons. The summed E-state index contributed by atoms with van der Waals surface area (Å²) in [4.78, 5) is 0. The number of hydrogen-bond donors (Lipinski definition) is 0. The van der Waals surface area contributed by atoms with E-state index in [0.717, 1.165) is 0 Å². The first-order valence-electron chi connectivity index (χ1n) is 9.00. The van der Waals surface area contributed by atoms with E-state index in [0.29, 0.717) is 0 Å². The van der Waals surface area contributed by atoms with Gasteiger partial charge in [0.15, 0.2) is 0 Å². The second-order valence-corrected chi connectivity index (χ2v) is 9.18. The van der Waals surface area contributed by atoms with Crippen molar-refractivity contribution in [1.29, 1.82) is 0 Å². The van der Waals surface area contributed by atoms with Crippen LogP contribution in [0.4, 0.5) is 0 Å². The topological polar surface area (TPSA) is 4.93 Å². The van der Waals surface area contributed by atoms with E-state index < -0.39 is 17.0 Å². The van der Waals surface area contributed by atoms with Gasteiger partial charge in [-0.25, -0.2) is 0 Å². The SMILES string of the molecule is Cc1cc(C)n(-c2cc3ccccc3[cH-]2)c1.[Cl][Ti][Cl].c1ccc2[cH-]ccc2c1. The molecular weight excluding hydrogens is 421 g/mol. The van der Waals surface area contributed by atoms with Gasteiger partial charge < -0.3 is 4.57 Å². The van der Waals surface area contributed by atoms with Gasteiger partial charge in [-0.3, -0.25) is 0 Å². The van der Waals surface area contributed by atoms with Crippen LogP contribution in [0.2, 0.25) is 0 Å². The molecule has 0 aliphatic carbocycles. The fourth-order valence-electron chi connectivity index (χ4n) is 3.36. The van der Waals surface area contributed by atoms with E-state index in [2.05, 4.69) is 110 Å². The van der Waals surface area contributed by atoms with Crippen LogP contribution in [-0.4, -0.2) is 4.57 Å². The van der Waals surface area contributed by atoms with E-state index in [1.165, 1.54) is 38.5 Å². The van der Waals surface area contributed by atoms with Crippen LogP contribution in [0.5, 0.6) is 0 Å². The first kappa shape index (κ1) is 21.0. The fourth-order valence-corrected chi connectivity index (χ4v) is 3.36. The van der Waals surface area contributed by atoms with E-state index >= 15 is 0 Å². The molecule has 0 fully saturated rings. The summed E-state index contributed by atoms with van der Waals surface area (Å²) in [6, 6.07) is 29.8. The summed E-state index contributed by atoms with van der Waals surface area (Å²) in [7, 11) is 9.78. The minimum Gasteiger partial charge on any atom is -0.168 e. The van der Waals surface area contributed by atoms with Gasteiger partial charge >= 0.3 is 35.6 Å². The Hall–Kier alpha value is -1.77. The van der Waals surface area contributed by atoms with Crippen molar-refractivity contribution in [2.45, 2.75) is 13.8 Å². The molecule has 0 bridgehead atoms. The maximum atomic E-state index is 4.89. The van der Waals surface area contributed by atoms with E-state index in [9.17, 15) is 0 Å². The van der Waals surface area contributed by atoms with Crippen molar-refractivity contribution in [3.8, 4) is 5.69 Å². The molecule has 0 N–H and O–H groups in total. The van der Waals surface area contributed by atoms with E-state index in [4.69, 9.17) is 18.6 Å². The smallest absolute Gasteiger partial charge is 0.0809 e. The molecule has 0 unspecified atom stereocenters. The van der Waals surface area contributed by atoms with Crippen molar-refractivity contribution in [2.24, 2.45) is 0 Å². The van der Waals surface area contributed by atoms with Gasteiger partial charge in [-0.05, 0) is 31.2 Å². The summed E-state index contributed by atoms with van der Waals surface area (Å²) in [6.07, 6.45) is 2.18. The molecule has 4 aromatic carbocycles. The summed E-state index contributed by atoms with van der Waals surface area (Å²) >= 11 is -0.556. The maximum absolute atomic E-state index is 4.89. The Labute approximate surface area is 182 Å². The van der Waals surface area contributed by atoms with Crippen LogP contribution in [0.1, 0.15) is 11.3 Å². The Balaban J connectivity index is 0.000000158. The van der Waals surface area contributed by atoms with E-state index in [1.807, 2.05) is 0 Å². The van der Waals surface area contributed by atoms with Crippen LogP contribution in [0.25, 0.3) is 27.2 Å². The Kier molecular flexibility index (Phi) is 7.59. The van der Waals surface area contributed by atoms with Gasteiger partial charge in [0, 0.05) is 11.9 Å². The molecule has 5 rings (SSSR count). The number of benzene rings is 2. The number of hydrogen-bond acceptors (Lipinski definition) is 0. The van der Waals surface area contributed by atoms with Crippen molar-refractivity contribution in [2.75, 3.05) is 0 Å². The second-order valence-electron chi connectivity index (χ2n) is 6.60. The van der Waals surface area contributed by atoms with Crippen molar-refractivity contribution in [3.05, 3.63) is 102 Å². The monoisotopic (exact) mass is 441 g/mol. The Morgan fingerprint density at radius 3 is 2.07 bits per heavy atom. The van der Waals surface area contributed by atoms with Crippen LogP contribution in [0, 0.1) is 13.8 Å². The molecule has 0 radical (unpaired) electrons. The van der Waals surface area contributed by atoms with Crippen LogP contribution in [-0.2, 0) is 17.0 Å². The summed E-state index contributed by atoms with van der Waals surface area (Å²) in [5.74, 6) is 0. The number of nitrogens with zero attached hydrogens (tertiary/aromatic N) is 1. The molecular formula is C24H21Cl2NTi-2. The summed E-state index contributed by atoms with van der Waals surface area (Å²) < 4.78 is 2.25. The summed E-state index contributed by atoms with van der Waals surface area (Å²) in [5.41, 5.74) is 3.85. The average Bonchev–Trinajstić information content (AvgIpc) is 3.40. The number of rotatable bonds is 1. The molecule has 1 nitrogen and oxygen atoms in total. The van der Waals surface area contributed by atoms with Gasteiger partial charge in [0.1, 0.15) is 0 Å². The molecule has 0 atom stereocenters. The Bertz CT molecular complexity index is 1090. The number of halogens is 2. The van der Waals surface area contributed by atoms with Gasteiger partial charge in [0.2, 0.25) is 0 Å². The quantitative estimate of drug-likeness (QED) is 0.184. The minimum absolute atomic E-state index is 0.556. The second kappa shape index (κ2) is 10.1. The average molecular weight is 442 g/mol. The fraction of sp³-hybridized carbons (Fsp3) is 0.0833. The molecule has 0 aliphatic heterocycles. The van der Waals surface area contributed by atoms with Crippen molar-refractivity contribution in [3.63, 3.8) is 0 Å². The minimum atomic E-state index is -0.556. The van der Waals surface area contributed by atoms with E-state index in [1.54, 1.807) is 0 Å². The van der Waals surface area contributed by atoms with Crippen molar-refractivity contribution >= 4 is 40.2 Å². The van der Waals surface area contributed by atoms with Gasteiger partial charge in [0.25, 0.3) is 0 Å². The van der Waals surface area contributed by atoms with Crippen LogP contribution in [0.15, 0.2) is 91.1 Å². The molecule has 0 aliphatic rings. The predicted octanol–water partition coefficient (Wildman–Crippen LogP) is 7.90. The molecule has 4 heteroatoms. The summed E-state index contributed by atoms with van der Waals surface area (Å²) in [6.45, 7) is 4.27. The molecule has 5 aromatic rings. The third kappa shape index (κ3) is 5.18. The zero-order valence-corrected chi connectivity index (χ0v) is 18.9. The molecule has 0 saturated carbocycles. The van der Waals surface area contributed by atoms with Gasteiger partial charge in [-0.15, -0.1) is 70.8 Å².